The summed E-state index contributed by atoms with van der Waals surface area (Å²) in [5.74, 6) is 0. The zero-order valence-corrected chi connectivity index (χ0v) is 28.8. The SMILES string of the molecule is [2H]c1c([2H])c(N(c2cccc(-c3ccc4ccccc4c3)c2)c2cccc(-c3cccc4ccccc34)c2)c([2H])c([2H])c1-c1ccc2c(ccc3ccccc32)c1. The molecule has 10 aromatic carbocycles. The molecular weight excluding hydrogens is 639 g/mol. The monoisotopic (exact) mass is 677 g/mol. The summed E-state index contributed by atoms with van der Waals surface area (Å²) in [6.45, 7) is 0. The number of anilines is 3. The molecule has 0 aliphatic carbocycles. The third kappa shape index (κ3) is 5.69. The van der Waals surface area contributed by atoms with E-state index >= 15 is 0 Å². The Balaban J connectivity index is 1.17. The van der Waals surface area contributed by atoms with Crippen LogP contribution in [0, 0.1) is 0 Å². The molecule has 0 aliphatic heterocycles. The predicted molar refractivity (Wildman–Crippen MR) is 227 cm³/mol. The zero-order valence-electron chi connectivity index (χ0n) is 32.8. The maximum Gasteiger partial charge on any atom is 0.0645 e. The fraction of sp³-hybridized carbons (Fsp3) is 0. The van der Waals surface area contributed by atoms with E-state index in [2.05, 4.69) is 109 Å². The molecule has 0 aromatic heterocycles. The van der Waals surface area contributed by atoms with Gasteiger partial charge < -0.3 is 4.90 Å². The van der Waals surface area contributed by atoms with E-state index in [0.29, 0.717) is 5.56 Å². The van der Waals surface area contributed by atoms with E-state index in [0.717, 1.165) is 76.7 Å². The number of hydrogen-bond acceptors (Lipinski definition) is 1. The van der Waals surface area contributed by atoms with Crippen LogP contribution in [0.2, 0.25) is 0 Å². The minimum atomic E-state index is -0.115. The first-order valence-corrected chi connectivity index (χ1v) is 17.9. The Kier molecular flexibility index (Phi) is 6.56. The molecule has 0 aliphatic rings. The topological polar surface area (TPSA) is 3.24 Å². The van der Waals surface area contributed by atoms with Gasteiger partial charge in [0.25, 0.3) is 0 Å². The Morgan fingerprint density at radius 2 is 0.792 bits per heavy atom. The van der Waals surface area contributed by atoms with Crippen LogP contribution in [0.1, 0.15) is 5.48 Å². The fourth-order valence-corrected chi connectivity index (χ4v) is 7.62. The number of nitrogens with zero attached hydrogens (tertiary/aromatic N) is 1. The lowest BCUT2D eigenvalue weighted by Gasteiger charge is -2.27. The first-order valence-electron chi connectivity index (χ1n) is 19.9. The van der Waals surface area contributed by atoms with Gasteiger partial charge in [0.05, 0.1) is 5.48 Å². The Bertz CT molecular complexity index is 3170. The van der Waals surface area contributed by atoms with E-state index in [1.807, 2.05) is 83.8 Å². The second-order valence-corrected chi connectivity index (χ2v) is 13.5. The second kappa shape index (κ2) is 13.0. The average molecular weight is 678 g/mol. The molecule has 53 heavy (non-hydrogen) atoms. The lowest BCUT2D eigenvalue weighted by molar-refractivity contribution is 1.28. The first kappa shape index (κ1) is 26.8. The van der Waals surface area contributed by atoms with Crippen LogP contribution >= 0.6 is 0 Å². The van der Waals surface area contributed by atoms with Crippen molar-refractivity contribution in [2.75, 3.05) is 4.90 Å². The van der Waals surface area contributed by atoms with E-state index in [9.17, 15) is 5.48 Å². The zero-order chi connectivity index (χ0) is 38.6. The summed E-state index contributed by atoms with van der Waals surface area (Å²) in [6, 6.07) is 63.4. The van der Waals surface area contributed by atoms with Crippen LogP contribution in [-0.4, -0.2) is 0 Å². The minimum absolute atomic E-state index is 0.0907. The lowest BCUT2D eigenvalue weighted by Crippen LogP contribution is -2.10. The minimum Gasteiger partial charge on any atom is -0.310 e. The molecule has 1 nitrogen and oxygen atoms in total. The molecule has 248 valence electrons. The Hall–Kier alpha value is -6.96. The fourth-order valence-electron chi connectivity index (χ4n) is 7.62. The molecular formula is C52H35N. The molecule has 0 radical (unpaired) electrons. The van der Waals surface area contributed by atoms with Crippen molar-refractivity contribution in [3.05, 3.63) is 212 Å². The van der Waals surface area contributed by atoms with Crippen LogP contribution in [-0.2, 0) is 0 Å². The van der Waals surface area contributed by atoms with E-state index in [4.69, 9.17) is 0 Å². The molecule has 1 heteroatoms. The van der Waals surface area contributed by atoms with Crippen LogP contribution in [0.15, 0.2) is 212 Å². The number of benzene rings is 10. The highest BCUT2D eigenvalue weighted by atomic mass is 15.1. The van der Waals surface area contributed by atoms with Gasteiger partial charge >= 0.3 is 0 Å². The van der Waals surface area contributed by atoms with Gasteiger partial charge in [0.15, 0.2) is 0 Å². The number of hydrogen-bond donors (Lipinski definition) is 0. The third-order valence-electron chi connectivity index (χ3n) is 10.3. The molecule has 0 spiro atoms. The summed E-state index contributed by atoms with van der Waals surface area (Å²) in [5, 5.41) is 8.88. The van der Waals surface area contributed by atoms with Crippen LogP contribution < -0.4 is 4.90 Å². The number of rotatable bonds is 6. The predicted octanol–water partition coefficient (Wildman–Crippen LogP) is 14.8. The van der Waals surface area contributed by atoms with Gasteiger partial charge in [-0.15, -0.1) is 0 Å². The molecule has 10 rings (SSSR count). The Morgan fingerprint density at radius 1 is 0.283 bits per heavy atom. The molecule has 0 amide bonds. The summed E-state index contributed by atoms with van der Waals surface area (Å²) < 4.78 is 38.2. The largest absolute Gasteiger partial charge is 0.310 e. The summed E-state index contributed by atoms with van der Waals surface area (Å²) in [5.41, 5.74) is 6.62. The van der Waals surface area contributed by atoms with Gasteiger partial charge in [-0.1, -0.05) is 164 Å². The standard InChI is InChI=1S/C52H35N/c1-2-13-40-32-43(24-22-36(40)10-1)41-15-7-17-47(34-41)53(48-18-8-16-44(35-48)51-21-9-14-38-11-3-5-19-49(38)51)46-29-26-37(27-30-46)42-28-31-52-45(33-42)25-23-39-12-4-6-20-50(39)52/h1-35H/i26D,27D,29D,30D. The van der Waals surface area contributed by atoms with Gasteiger partial charge in [0.2, 0.25) is 0 Å². The summed E-state index contributed by atoms with van der Waals surface area (Å²) in [7, 11) is 0. The Morgan fingerprint density at radius 3 is 1.60 bits per heavy atom. The van der Waals surface area contributed by atoms with Gasteiger partial charge in [-0.05, 0) is 125 Å². The second-order valence-electron chi connectivity index (χ2n) is 13.5. The van der Waals surface area contributed by atoms with E-state index < -0.39 is 0 Å². The van der Waals surface area contributed by atoms with Gasteiger partial charge in [-0.2, -0.15) is 0 Å². The first-order chi connectivity index (χ1) is 27.9. The van der Waals surface area contributed by atoms with Gasteiger partial charge in [-0.3, -0.25) is 0 Å². The van der Waals surface area contributed by atoms with Crippen LogP contribution in [0.5, 0.6) is 0 Å². The van der Waals surface area contributed by atoms with Gasteiger partial charge in [0.1, 0.15) is 0 Å². The van der Waals surface area contributed by atoms with Gasteiger partial charge in [-0.25, -0.2) is 0 Å². The maximum absolute atomic E-state index is 9.62. The van der Waals surface area contributed by atoms with Crippen molar-refractivity contribution in [1.82, 2.24) is 0 Å². The molecule has 0 heterocycles. The molecule has 0 saturated carbocycles. The molecule has 10 aromatic rings. The molecule has 0 unspecified atom stereocenters. The quantitative estimate of drug-likeness (QED) is 0.158. The van der Waals surface area contributed by atoms with Crippen molar-refractivity contribution in [3.63, 3.8) is 0 Å². The highest BCUT2D eigenvalue weighted by Crippen LogP contribution is 2.40. The van der Waals surface area contributed by atoms with Crippen LogP contribution in [0.3, 0.4) is 0 Å². The smallest absolute Gasteiger partial charge is 0.0645 e. The average Bonchev–Trinajstić information content (AvgIpc) is 3.26. The van der Waals surface area contributed by atoms with Crippen molar-refractivity contribution in [2.45, 2.75) is 0 Å². The molecule has 0 fully saturated rings. The highest BCUT2D eigenvalue weighted by molar-refractivity contribution is 6.08. The number of fused-ring (bicyclic) bond motifs is 5. The highest BCUT2D eigenvalue weighted by Gasteiger charge is 2.16. The normalized spacial score (nSPS) is 12.5. The van der Waals surface area contributed by atoms with Crippen molar-refractivity contribution >= 4 is 60.2 Å². The summed E-state index contributed by atoms with van der Waals surface area (Å²) in [6.07, 6.45) is 0. The Labute approximate surface area is 315 Å². The van der Waals surface area contributed by atoms with E-state index in [-0.39, 0.29) is 35.4 Å². The molecule has 0 saturated heterocycles. The van der Waals surface area contributed by atoms with Crippen molar-refractivity contribution in [2.24, 2.45) is 0 Å². The van der Waals surface area contributed by atoms with E-state index in [1.54, 1.807) is 0 Å². The molecule has 0 atom stereocenters. The van der Waals surface area contributed by atoms with Crippen molar-refractivity contribution in [1.29, 1.82) is 0 Å². The van der Waals surface area contributed by atoms with Crippen molar-refractivity contribution < 1.29 is 5.48 Å². The summed E-state index contributed by atoms with van der Waals surface area (Å²) in [4.78, 5) is 1.89. The van der Waals surface area contributed by atoms with Gasteiger partial charge in [0, 0.05) is 17.1 Å². The van der Waals surface area contributed by atoms with Crippen LogP contribution in [0.25, 0.3) is 76.5 Å². The lowest BCUT2D eigenvalue weighted by atomic mass is 9.96. The van der Waals surface area contributed by atoms with E-state index in [1.165, 1.54) is 0 Å². The molecule has 0 N–H and O–H groups in total. The van der Waals surface area contributed by atoms with Crippen LogP contribution in [0.4, 0.5) is 17.1 Å². The third-order valence-corrected chi connectivity index (χ3v) is 10.3. The summed E-state index contributed by atoms with van der Waals surface area (Å²) >= 11 is 0. The maximum atomic E-state index is 9.62. The molecule has 0 bridgehead atoms. The van der Waals surface area contributed by atoms with Crippen molar-refractivity contribution in [3.8, 4) is 33.4 Å².